The van der Waals surface area contributed by atoms with Crippen molar-refractivity contribution < 1.29 is 9.47 Å². The molecule has 1 aromatic heterocycles. The minimum absolute atomic E-state index is 0.233. The molecule has 1 heterocycles. The van der Waals surface area contributed by atoms with Crippen LogP contribution in [0.5, 0.6) is 11.6 Å². The summed E-state index contributed by atoms with van der Waals surface area (Å²) >= 11 is 0. The Morgan fingerprint density at radius 3 is 2.75 bits per heavy atom. The number of nitrogens with zero attached hydrogens (tertiary/aromatic N) is 2. The topological polar surface area (TPSA) is 55.1 Å². The molecule has 0 unspecified atom stereocenters. The third kappa shape index (κ3) is 1.30. The average molecular weight is 163 g/mol. The van der Waals surface area contributed by atoms with Gasteiger partial charge in [0.2, 0.25) is 5.88 Å². The highest BCUT2D eigenvalue weighted by Gasteiger charge is 2.09. The van der Waals surface area contributed by atoms with E-state index < -0.39 is 0 Å². The second-order valence-electron chi connectivity index (χ2n) is 1.95. The first-order valence-corrected chi connectivity index (χ1v) is 3.22. The van der Waals surface area contributed by atoms with Crippen LogP contribution in [0.25, 0.3) is 0 Å². The van der Waals surface area contributed by atoms with Crippen LogP contribution in [0.2, 0.25) is 0 Å². The molecule has 61 valence electrons. The van der Waals surface area contributed by atoms with Gasteiger partial charge in [-0.05, 0) is 0 Å². The van der Waals surface area contributed by atoms with Crippen molar-refractivity contribution in [3.05, 3.63) is 17.8 Å². The number of hydrogen-bond acceptors (Lipinski definition) is 4. The number of pyridine rings is 1. The molecule has 0 saturated carbocycles. The van der Waals surface area contributed by atoms with E-state index in [1.54, 1.807) is 0 Å². The van der Waals surface area contributed by atoms with Crippen molar-refractivity contribution in [2.45, 2.75) is 0 Å². The maximum atomic E-state index is 8.70. The molecule has 1 radical (unpaired) electrons. The molecule has 0 amide bonds. The fraction of sp³-hybridized carbons (Fsp3) is 0.250. The molecule has 0 aliphatic carbocycles. The molecule has 0 aliphatic rings. The Bertz CT molecular complexity index is 295. The Morgan fingerprint density at radius 2 is 2.25 bits per heavy atom. The number of rotatable bonds is 2. The minimum atomic E-state index is 0.233. The SMILES string of the molecule is COc1c[c]nc(OC)c1C#N. The molecule has 0 fully saturated rings. The predicted octanol–water partition coefficient (Wildman–Crippen LogP) is 0.771. The van der Waals surface area contributed by atoms with Crippen LogP contribution in [0.4, 0.5) is 0 Å². The van der Waals surface area contributed by atoms with Gasteiger partial charge in [0.25, 0.3) is 0 Å². The monoisotopic (exact) mass is 163 g/mol. The van der Waals surface area contributed by atoms with Crippen LogP contribution in [0.1, 0.15) is 5.56 Å². The first-order chi connectivity index (χ1) is 5.83. The molecule has 1 rings (SSSR count). The number of nitriles is 1. The van der Waals surface area contributed by atoms with Crippen molar-refractivity contribution in [3.8, 4) is 17.7 Å². The fourth-order valence-electron chi connectivity index (χ4n) is 0.795. The van der Waals surface area contributed by atoms with Gasteiger partial charge in [0.1, 0.15) is 11.8 Å². The van der Waals surface area contributed by atoms with Gasteiger partial charge in [0, 0.05) is 6.07 Å². The zero-order valence-electron chi connectivity index (χ0n) is 6.79. The largest absolute Gasteiger partial charge is 0.495 e. The van der Waals surface area contributed by atoms with E-state index in [1.165, 1.54) is 20.3 Å². The summed E-state index contributed by atoms with van der Waals surface area (Å²) in [6.07, 6.45) is 2.56. The van der Waals surface area contributed by atoms with E-state index in [0.717, 1.165) is 0 Å². The summed E-state index contributed by atoms with van der Waals surface area (Å²) in [4.78, 5) is 3.73. The standard InChI is InChI=1S/C8H7N2O2/c1-11-7-3-4-10-8(12-2)6(7)5-9/h3H,1-2H3. The van der Waals surface area contributed by atoms with Crippen molar-refractivity contribution in [2.24, 2.45) is 0 Å². The molecule has 1 aromatic rings. The van der Waals surface area contributed by atoms with Gasteiger partial charge < -0.3 is 9.47 Å². The maximum absolute atomic E-state index is 8.70. The minimum Gasteiger partial charge on any atom is -0.495 e. The summed E-state index contributed by atoms with van der Waals surface area (Å²) in [6.45, 7) is 0. The summed E-state index contributed by atoms with van der Waals surface area (Å²) in [5.41, 5.74) is 0.291. The Hall–Kier alpha value is -1.76. The first-order valence-electron chi connectivity index (χ1n) is 3.22. The summed E-state index contributed by atoms with van der Waals surface area (Å²) in [6, 6.07) is 3.42. The molecular formula is C8H7N2O2. The highest BCUT2D eigenvalue weighted by molar-refractivity contribution is 5.48. The Kier molecular flexibility index (Phi) is 2.49. The maximum Gasteiger partial charge on any atom is 0.235 e. The van der Waals surface area contributed by atoms with Crippen LogP contribution in [0.3, 0.4) is 0 Å². The zero-order chi connectivity index (χ0) is 8.97. The second-order valence-corrected chi connectivity index (χ2v) is 1.95. The molecule has 0 N–H and O–H groups in total. The van der Waals surface area contributed by atoms with Crippen molar-refractivity contribution in [2.75, 3.05) is 14.2 Å². The number of hydrogen-bond donors (Lipinski definition) is 0. The Morgan fingerprint density at radius 1 is 1.50 bits per heavy atom. The second kappa shape index (κ2) is 3.58. The molecule has 4 nitrogen and oxygen atoms in total. The molecule has 0 aromatic carbocycles. The van der Waals surface area contributed by atoms with Gasteiger partial charge in [0.15, 0.2) is 5.56 Å². The van der Waals surface area contributed by atoms with Gasteiger partial charge in [-0.2, -0.15) is 5.26 Å². The van der Waals surface area contributed by atoms with Crippen molar-refractivity contribution in [1.82, 2.24) is 4.98 Å². The van der Waals surface area contributed by atoms with Crippen LogP contribution in [-0.2, 0) is 0 Å². The summed E-state index contributed by atoms with van der Waals surface area (Å²) in [7, 11) is 2.92. The van der Waals surface area contributed by atoms with Crippen molar-refractivity contribution >= 4 is 0 Å². The summed E-state index contributed by atoms with van der Waals surface area (Å²) in [5, 5.41) is 8.70. The predicted molar refractivity (Wildman–Crippen MR) is 40.9 cm³/mol. The molecule has 0 atom stereocenters. The molecule has 0 aliphatic heterocycles. The third-order valence-electron chi connectivity index (χ3n) is 1.35. The lowest BCUT2D eigenvalue weighted by molar-refractivity contribution is 0.379. The van der Waals surface area contributed by atoms with E-state index in [1.807, 2.05) is 6.07 Å². The van der Waals surface area contributed by atoms with E-state index in [2.05, 4.69) is 11.2 Å². The Balaban J connectivity index is 3.25. The third-order valence-corrected chi connectivity index (χ3v) is 1.35. The highest BCUT2D eigenvalue weighted by atomic mass is 16.5. The van der Waals surface area contributed by atoms with Gasteiger partial charge in [-0.25, -0.2) is 4.98 Å². The smallest absolute Gasteiger partial charge is 0.235 e. The normalized spacial score (nSPS) is 8.75. The number of methoxy groups -OCH3 is 2. The zero-order valence-corrected chi connectivity index (χ0v) is 6.79. The van der Waals surface area contributed by atoms with Gasteiger partial charge in [-0.1, -0.05) is 0 Å². The van der Waals surface area contributed by atoms with Crippen LogP contribution in [0.15, 0.2) is 6.07 Å². The van der Waals surface area contributed by atoms with Crippen LogP contribution in [0, 0.1) is 17.5 Å². The van der Waals surface area contributed by atoms with Crippen molar-refractivity contribution in [1.29, 1.82) is 5.26 Å². The lowest BCUT2D eigenvalue weighted by Gasteiger charge is -2.04. The van der Waals surface area contributed by atoms with Gasteiger partial charge in [0.05, 0.1) is 20.4 Å². The lowest BCUT2D eigenvalue weighted by atomic mass is 10.3. The first kappa shape index (κ1) is 8.34. The van der Waals surface area contributed by atoms with E-state index in [4.69, 9.17) is 14.7 Å². The van der Waals surface area contributed by atoms with Gasteiger partial charge in [-0.3, -0.25) is 0 Å². The molecule has 0 bridgehead atoms. The molecule has 12 heavy (non-hydrogen) atoms. The van der Waals surface area contributed by atoms with Crippen LogP contribution in [-0.4, -0.2) is 19.2 Å². The highest BCUT2D eigenvalue weighted by Crippen LogP contribution is 2.23. The quantitative estimate of drug-likeness (QED) is 0.646. The van der Waals surface area contributed by atoms with Gasteiger partial charge in [-0.15, -0.1) is 0 Å². The van der Waals surface area contributed by atoms with E-state index in [-0.39, 0.29) is 5.88 Å². The summed E-state index contributed by atoms with van der Waals surface area (Å²) < 4.78 is 9.74. The fourth-order valence-corrected chi connectivity index (χ4v) is 0.795. The van der Waals surface area contributed by atoms with Crippen LogP contribution >= 0.6 is 0 Å². The van der Waals surface area contributed by atoms with E-state index in [0.29, 0.717) is 11.3 Å². The number of aromatic nitrogens is 1. The molecule has 4 heteroatoms. The van der Waals surface area contributed by atoms with E-state index in [9.17, 15) is 0 Å². The van der Waals surface area contributed by atoms with E-state index >= 15 is 0 Å². The lowest BCUT2D eigenvalue weighted by Crippen LogP contribution is -1.95. The Labute approximate surface area is 70.4 Å². The average Bonchev–Trinajstić information content (AvgIpc) is 2.16. The van der Waals surface area contributed by atoms with Crippen LogP contribution < -0.4 is 9.47 Å². The summed E-state index contributed by atoms with van der Waals surface area (Å²) in [5.74, 6) is 0.654. The molecule has 0 saturated heterocycles. The van der Waals surface area contributed by atoms with Gasteiger partial charge >= 0.3 is 0 Å². The van der Waals surface area contributed by atoms with Crippen molar-refractivity contribution in [3.63, 3.8) is 0 Å². The molecule has 0 spiro atoms. The molecular weight excluding hydrogens is 156 g/mol. The number of ether oxygens (including phenoxy) is 2.